The molecule has 1 aromatic rings. The topological polar surface area (TPSA) is 29.9 Å². The van der Waals surface area contributed by atoms with Crippen LogP contribution in [0.3, 0.4) is 0 Å². The fourth-order valence-electron chi connectivity index (χ4n) is 2.46. The van der Waals surface area contributed by atoms with Crippen molar-refractivity contribution in [2.45, 2.75) is 65.2 Å². The van der Waals surface area contributed by atoms with Gasteiger partial charge in [-0.1, -0.05) is 13.8 Å². The summed E-state index contributed by atoms with van der Waals surface area (Å²) in [5, 5.41) is 7.69. The van der Waals surface area contributed by atoms with Gasteiger partial charge in [0.1, 0.15) is 0 Å². The van der Waals surface area contributed by atoms with E-state index in [-0.39, 0.29) is 12.5 Å². The maximum Gasteiger partial charge on any atom is 0.389 e. The largest absolute Gasteiger partial charge is 0.389 e. The standard InChI is InChI=1S/C14H24F3N3/c1-5-11-13(10(3)18-4)12(6-2)20(19-11)9-7-8-14(15,16)17/h10,18H,5-9H2,1-4H3. The number of nitrogens with zero attached hydrogens (tertiary/aromatic N) is 2. The second-order valence-corrected chi connectivity index (χ2v) is 4.97. The molecule has 1 aromatic heterocycles. The monoisotopic (exact) mass is 291 g/mol. The van der Waals surface area contributed by atoms with Gasteiger partial charge in [0.2, 0.25) is 0 Å². The summed E-state index contributed by atoms with van der Waals surface area (Å²) in [5.74, 6) is 0. The predicted molar refractivity (Wildman–Crippen MR) is 73.7 cm³/mol. The lowest BCUT2D eigenvalue weighted by Gasteiger charge is -2.14. The van der Waals surface area contributed by atoms with Crippen LogP contribution >= 0.6 is 0 Å². The van der Waals surface area contributed by atoms with E-state index in [1.807, 2.05) is 20.9 Å². The summed E-state index contributed by atoms with van der Waals surface area (Å²) in [7, 11) is 1.88. The van der Waals surface area contributed by atoms with Gasteiger partial charge in [-0.2, -0.15) is 18.3 Å². The number of hydrogen-bond donors (Lipinski definition) is 1. The first-order valence-corrected chi connectivity index (χ1v) is 7.16. The lowest BCUT2D eigenvalue weighted by molar-refractivity contribution is -0.136. The van der Waals surface area contributed by atoms with Gasteiger partial charge in [0.05, 0.1) is 5.69 Å². The van der Waals surface area contributed by atoms with Crippen molar-refractivity contribution < 1.29 is 13.2 Å². The van der Waals surface area contributed by atoms with Crippen LogP contribution in [0.1, 0.15) is 56.6 Å². The Hall–Kier alpha value is -1.04. The highest BCUT2D eigenvalue weighted by molar-refractivity contribution is 5.30. The molecule has 1 rings (SSSR count). The van der Waals surface area contributed by atoms with Gasteiger partial charge in [0, 0.05) is 30.3 Å². The Balaban J connectivity index is 2.93. The molecule has 0 aromatic carbocycles. The summed E-state index contributed by atoms with van der Waals surface area (Å²) >= 11 is 0. The first-order valence-electron chi connectivity index (χ1n) is 7.16. The molecule has 116 valence electrons. The third-order valence-corrected chi connectivity index (χ3v) is 3.54. The second-order valence-electron chi connectivity index (χ2n) is 4.97. The molecule has 0 radical (unpaired) electrons. The van der Waals surface area contributed by atoms with Gasteiger partial charge < -0.3 is 5.32 Å². The third kappa shape index (κ3) is 4.23. The molecule has 1 atom stereocenters. The van der Waals surface area contributed by atoms with E-state index in [1.165, 1.54) is 0 Å². The zero-order valence-corrected chi connectivity index (χ0v) is 12.6. The third-order valence-electron chi connectivity index (χ3n) is 3.54. The van der Waals surface area contributed by atoms with Crippen molar-refractivity contribution >= 4 is 0 Å². The minimum Gasteiger partial charge on any atom is -0.313 e. The highest BCUT2D eigenvalue weighted by Gasteiger charge is 2.27. The van der Waals surface area contributed by atoms with Crippen LogP contribution in [0.5, 0.6) is 0 Å². The van der Waals surface area contributed by atoms with Crippen LogP contribution in [-0.4, -0.2) is 23.0 Å². The van der Waals surface area contributed by atoms with Gasteiger partial charge in [-0.15, -0.1) is 0 Å². The summed E-state index contributed by atoms with van der Waals surface area (Å²) in [4.78, 5) is 0. The molecule has 1 N–H and O–H groups in total. The first-order chi connectivity index (χ1) is 9.34. The highest BCUT2D eigenvalue weighted by Crippen LogP contribution is 2.25. The van der Waals surface area contributed by atoms with E-state index in [9.17, 15) is 13.2 Å². The Morgan fingerprint density at radius 1 is 1.25 bits per heavy atom. The van der Waals surface area contributed by atoms with Crippen molar-refractivity contribution in [3.05, 3.63) is 17.0 Å². The van der Waals surface area contributed by atoms with E-state index in [0.29, 0.717) is 6.54 Å². The number of aryl methyl sites for hydroxylation is 2. The SMILES string of the molecule is CCc1nn(CCCC(F)(F)F)c(CC)c1C(C)NC. The first kappa shape index (κ1) is 17.0. The van der Waals surface area contributed by atoms with Crippen LogP contribution in [0, 0.1) is 0 Å². The average Bonchev–Trinajstić information content (AvgIpc) is 2.74. The molecule has 6 heteroatoms. The minimum atomic E-state index is -4.09. The average molecular weight is 291 g/mol. The Morgan fingerprint density at radius 2 is 1.90 bits per heavy atom. The van der Waals surface area contributed by atoms with Gasteiger partial charge in [0.25, 0.3) is 0 Å². The fourth-order valence-corrected chi connectivity index (χ4v) is 2.46. The molecule has 20 heavy (non-hydrogen) atoms. The van der Waals surface area contributed by atoms with Crippen LogP contribution in [0.4, 0.5) is 13.2 Å². The Kier molecular flexibility index (Phi) is 6.05. The molecule has 0 aliphatic rings. The van der Waals surface area contributed by atoms with E-state index >= 15 is 0 Å². The van der Waals surface area contributed by atoms with Gasteiger partial charge in [-0.3, -0.25) is 4.68 Å². The molecule has 0 bridgehead atoms. The van der Waals surface area contributed by atoms with E-state index < -0.39 is 12.6 Å². The zero-order chi connectivity index (χ0) is 15.3. The second kappa shape index (κ2) is 7.11. The summed E-state index contributed by atoms with van der Waals surface area (Å²) in [6.07, 6.45) is -3.20. The summed E-state index contributed by atoms with van der Waals surface area (Å²) in [6, 6.07) is 0.163. The Bertz CT molecular complexity index is 424. The number of aromatic nitrogens is 2. The maximum atomic E-state index is 12.2. The molecule has 0 aliphatic carbocycles. The van der Waals surface area contributed by atoms with Crippen molar-refractivity contribution in [1.82, 2.24) is 15.1 Å². The van der Waals surface area contributed by atoms with Crippen molar-refractivity contribution in [1.29, 1.82) is 0 Å². The molecule has 0 spiro atoms. The van der Waals surface area contributed by atoms with E-state index in [2.05, 4.69) is 17.3 Å². The van der Waals surface area contributed by atoms with Crippen molar-refractivity contribution in [3.63, 3.8) is 0 Å². The lowest BCUT2D eigenvalue weighted by atomic mass is 10.0. The van der Waals surface area contributed by atoms with E-state index in [0.717, 1.165) is 29.8 Å². The normalized spacial score (nSPS) is 13.8. The molecule has 0 amide bonds. The number of halogens is 3. The molecule has 0 fully saturated rings. The zero-order valence-electron chi connectivity index (χ0n) is 12.6. The van der Waals surface area contributed by atoms with Gasteiger partial charge in [0.15, 0.2) is 0 Å². The Morgan fingerprint density at radius 3 is 2.35 bits per heavy atom. The van der Waals surface area contributed by atoms with Crippen molar-refractivity contribution in [2.75, 3.05) is 7.05 Å². The van der Waals surface area contributed by atoms with Gasteiger partial charge in [-0.25, -0.2) is 0 Å². The smallest absolute Gasteiger partial charge is 0.313 e. The summed E-state index contributed by atoms with van der Waals surface area (Å²) in [6.45, 7) is 6.41. The highest BCUT2D eigenvalue weighted by atomic mass is 19.4. The van der Waals surface area contributed by atoms with Crippen LogP contribution in [0.25, 0.3) is 0 Å². The Labute approximate surface area is 118 Å². The fraction of sp³-hybridized carbons (Fsp3) is 0.786. The van der Waals surface area contributed by atoms with Crippen LogP contribution in [-0.2, 0) is 19.4 Å². The van der Waals surface area contributed by atoms with Crippen LogP contribution in [0.2, 0.25) is 0 Å². The molecule has 1 heterocycles. The quantitative estimate of drug-likeness (QED) is 0.831. The molecule has 3 nitrogen and oxygen atoms in total. The van der Waals surface area contributed by atoms with Crippen LogP contribution < -0.4 is 5.32 Å². The number of nitrogens with one attached hydrogen (secondary N) is 1. The summed E-state index contributed by atoms with van der Waals surface area (Å²) in [5.41, 5.74) is 3.17. The van der Waals surface area contributed by atoms with Crippen molar-refractivity contribution in [2.24, 2.45) is 0 Å². The summed E-state index contributed by atoms with van der Waals surface area (Å²) < 4.78 is 38.5. The predicted octanol–water partition coefficient (Wildman–Crippen LogP) is 3.63. The van der Waals surface area contributed by atoms with E-state index in [1.54, 1.807) is 4.68 Å². The molecular formula is C14H24F3N3. The molecule has 0 aliphatic heterocycles. The van der Waals surface area contributed by atoms with Crippen molar-refractivity contribution in [3.8, 4) is 0 Å². The lowest BCUT2D eigenvalue weighted by Crippen LogP contribution is -2.16. The molecule has 0 saturated carbocycles. The molecular weight excluding hydrogens is 267 g/mol. The number of rotatable bonds is 7. The van der Waals surface area contributed by atoms with E-state index in [4.69, 9.17) is 0 Å². The van der Waals surface area contributed by atoms with Crippen LogP contribution in [0.15, 0.2) is 0 Å². The molecule has 1 unspecified atom stereocenters. The van der Waals surface area contributed by atoms with Gasteiger partial charge >= 0.3 is 6.18 Å². The number of hydrogen-bond acceptors (Lipinski definition) is 2. The maximum absolute atomic E-state index is 12.2. The number of alkyl halides is 3. The molecule has 0 saturated heterocycles. The van der Waals surface area contributed by atoms with Gasteiger partial charge in [-0.05, 0) is 33.2 Å². The minimum absolute atomic E-state index is 0.0781.